The molecule has 1 heterocycles. The van der Waals surface area contributed by atoms with Crippen LogP contribution in [-0.4, -0.2) is 11.1 Å². The molecule has 0 saturated carbocycles. The van der Waals surface area contributed by atoms with E-state index in [1.165, 1.54) is 12.1 Å². The molecule has 1 aromatic carbocycles. The molecule has 2 rings (SSSR count). The van der Waals surface area contributed by atoms with Gasteiger partial charge in [-0.25, -0.2) is 4.79 Å². The van der Waals surface area contributed by atoms with Gasteiger partial charge in [-0.3, -0.25) is 0 Å². The number of fused-ring (bicyclic) bond motifs is 1. The van der Waals surface area contributed by atoms with Gasteiger partial charge in [0.05, 0.1) is 16.1 Å². The van der Waals surface area contributed by atoms with Crippen LogP contribution in [0.1, 0.15) is 22.2 Å². The van der Waals surface area contributed by atoms with Crippen molar-refractivity contribution < 1.29 is 14.6 Å². The van der Waals surface area contributed by atoms with Gasteiger partial charge in [0.1, 0.15) is 0 Å². The second-order valence-corrected chi connectivity index (χ2v) is 3.45. The molecule has 1 N–H and O–H groups in total. The van der Waals surface area contributed by atoms with Gasteiger partial charge in [-0.2, -0.15) is 0 Å². The topological polar surface area (TPSA) is 46.5 Å². The van der Waals surface area contributed by atoms with Crippen LogP contribution in [0.2, 0.25) is 10.0 Å². The Bertz CT molecular complexity index is 389. The summed E-state index contributed by atoms with van der Waals surface area (Å²) < 4.78 is 4.54. The van der Waals surface area contributed by atoms with Gasteiger partial charge >= 0.3 is 5.97 Å². The van der Waals surface area contributed by atoms with Crippen LogP contribution in [0.5, 0.6) is 0 Å². The van der Waals surface area contributed by atoms with Gasteiger partial charge in [-0.05, 0) is 12.1 Å². The Hall–Kier alpha value is -0.770. The quantitative estimate of drug-likeness (QED) is 0.680. The van der Waals surface area contributed by atoms with Crippen LogP contribution < -0.4 is 0 Å². The molecule has 0 amide bonds. The van der Waals surface area contributed by atoms with Crippen LogP contribution in [0.3, 0.4) is 0 Å². The molecule has 1 aliphatic heterocycles. The molecule has 5 heteroatoms. The molecule has 1 aromatic rings. The van der Waals surface area contributed by atoms with Crippen LogP contribution in [-0.2, 0) is 4.74 Å². The molecule has 0 bridgehead atoms. The summed E-state index contributed by atoms with van der Waals surface area (Å²) in [5.41, 5.74) is 0.515. The predicted octanol–water partition coefficient (Wildman–Crippen LogP) is 2.15. The Morgan fingerprint density at radius 3 is 2.77 bits per heavy atom. The van der Waals surface area contributed by atoms with Crippen molar-refractivity contribution in [1.82, 2.24) is 0 Å². The summed E-state index contributed by atoms with van der Waals surface area (Å²) in [6.45, 7) is 0. The third kappa shape index (κ3) is 1.29. The zero-order valence-corrected chi connectivity index (χ0v) is 7.76. The van der Waals surface area contributed by atoms with Gasteiger partial charge in [0.2, 0.25) is 6.29 Å². The highest BCUT2D eigenvalue weighted by Gasteiger charge is 2.32. The molecule has 1 aliphatic rings. The van der Waals surface area contributed by atoms with E-state index in [9.17, 15) is 9.90 Å². The van der Waals surface area contributed by atoms with Crippen molar-refractivity contribution in [2.75, 3.05) is 0 Å². The van der Waals surface area contributed by atoms with Gasteiger partial charge < -0.3 is 9.84 Å². The molecule has 0 saturated heterocycles. The Morgan fingerprint density at radius 2 is 2.08 bits per heavy atom. The zero-order valence-electron chi connectivity index (χ0n) is 6.25. The maximum Gasteiger partial charge on any atom is 0.341 e. The third-order valence-corrected chi connectivity index (χ3v) is 2.31. The summed E-state index contributed by atoms with van der Waals surface area (Å²) in [5.74, 6) is -0.605. The predicted molar refractivity (Wildman–Crippen MR) is 46.8 cm³/mol. The lowest BCUT2D eigenvalue weighted by molar-refractivity contribution is -0.0547. The largest absolute Gasteiger partial charge is 0.428 e. The number of hydrogen-bond acceptors (Lipinski definition) is 3. The molecule has 0 radical (unpaired) electrons. The number of cyclic esters (lactones) is 1. The molecule has 13 heavy (non-hydrogen) atoms. The van der Waals surface area contributed by atoms with Crippen LogP contribution in [0, 0.1) is 0 Å². The highest BCUT2D eigenvalue weighted by atomic mass is 35.5. The van der Waals surface area contributed by atoms with Crippen molar-refractivity contribution in [2.24, 2.45) is 0 Å². The number of carbonyl (C=O) groups is 1. The van der Waals surface area contributed by atoms with E-state index >= 15 is 0 Å². The summed E-state index contributed by atoms with van der Waals surface area (Å²) in [6.07, 6.45) is -1.27. The van der Waals surface area contributed by atoms with Crippen molar-refractivity contribution in [3.05, 3.63) is 33.3 Å². The van der Waals surface area contributed by atoms with Crippen LogP contribution in [0.4, 0.5) is 0 Å². The molecular formula is C8H4Cl2O3. The molecule has 1 atom stereocenters. The third-order valence-electron chi connectivity index (χ3n) is 1.78. The maximum atomic E-state index is 11.1. The number of ether oxygens (including phenoxy) is 1. The number of halogens is 2. The van der Waals surface area contributed by atoms with Gasteiger partial charge in [-0.15, -0.1) is 0 Å². The van der Waals surface area contributed by atoms with Crippen molar-refractivity contribution in [1.29, 1.82) is 0 Å². The highest BCUT2D eigenvalue weighted by molar-refractivity contribution is 6.36. The van der Waals surface area contributed by atoms with Crippen LogP contribution in [0.15, 0.2) is 12.1 Å². The van der Waals surface area contributed by atoms with Crippen molar-refractivity contribution >= 4 is 29.2 Å². The van der Waals surface area contributed by atoms with Crippen molar-refractivity contribution in [3.63, 3.8) is 0 Å². The Labute approximate surface area is 83.8 Å². The van der Waals surface area contributed by atoms with E-state index in [-0.39, 0.29) is 16.1 Å². The first kappa shape index (κ1) is 8.81. The number of carbonyl (C=O) groups excluding carboxylic acids is 1. The lowest BCUT2D eigenvalue weighted by Crippen LogP contribution is -1.96. The number of benzene rings is 1. The Kier molecular flexibility index (Phi) is 1.95. The molecule has 3 nitrogen and oxygen atoms in total. The molecule has 68 valence electrons. The lowest BCUT2D eigenvalue weighted by Gasteiger charge is -2.03. The van der Waals surface area contributed by atoms with Crippen LogP contribution in [0.25, 0.3) is 0 Å². The molecule has 0 aliphatic carbocycles. The summed E-state index contributed by atoms with van der Waals surface area (Å²) >= 11 is 11.4. The van der Waals surface area contributed by atoms with E-state index < -0.39 is 12.3 Å². The summed E-state index contributed by atoms with van der Waals surface area (Å²) in [5, 5.41) is 9.83. The van der Waals surface area contributed by atoms with E-state index in [0.717, 1.165) is 0 Å². The number of aliphatic hydroxyl groups excluding tert-OH is 1. The SMILES string of the molecule is O=C1OC(O)c2c(Cl)cc(Cl)cc21. The Morgan fingerprint density at radius 1 is 1.38 bits per heavy atom. The van der Waals surface area contributed by atoms with Crippen molar-refractivity contribution in [2.45, 2.75) is 6.29 Å². The number of hydrogen-bond donors (Lipinski definition) is 1. The first-order valence-electron chi connectivity index (χ1n) is 3.47. The standard InChI is InChI=1S/C8H4Cl2O3/c9-3-1-4-6(5(10)2-3)8(12)13-7(4)11/h1-2,8,12H. The van der Waals surface area contributed by atoms with Gasteiger partial charge in [0, 0.05) is 5.02 Å². The van der Waals surface area contributed by atoms with E-state index in [0.29, 0.717) is 5.02 Å². The summed E-state index contributed by atoms with van der Waals surface area (Å²) in [7, 11) is 0. The second-order valence-electron chi connectivity index (χ2n) is 2.61. The fourth-order valence-corrected chi connectivity index (χ4v) is 1.82. The zero-order chi connectivity index (χ0) is 9.59. The van der Waals surface area contributed by atoms with E-state index in [1.807, 2.05) is 0 Å². The molecule has 0 aromatic heterocycles. The molecule has 0 fully saturated rings. The fraction of sp³-hybridized carbons (Fsp3) is 0.125. The van der Waals surface area contributed by atoms with E-state index in [1.54, 1.807) is 0 Å². The number of esters is 1. The number of aliphatic hydroxyl groups is 1. The molecular weight excluding hydrogens is 215 g/mol. The summed E-state index contributed by atoms with van der Waals surface area (Å²) in [4.78, 5) is 11.1. The highest BCUT2D eigenvalue weighted by Crippen LogP contribution is 2.36. The second kappa shape index (κ2) is 2.87. The maximum absolute atomic E-state index is 11.1. The average Bonchev–Trinajstić information content (AvgIpc) is 2.27. The van der Waals surface area contributed by atoms with E-state index in [2.05, 4.69) is 4.74 Å². The fourth-order valence-electron chi connectivity index (χ4n) is 1.23. The normalized spacial score (nSPS) is 19.9. The average molecular weight is 219 g/mol. The van der Waals surface area contributed by atoms with E-state index in [4.69, 9.17) is 23.2 Å². The first-order valence-corrected chi connectivity index (χ1v) is 4.23. The minimum absolute atomic E-state index is 0.227. The minimum Gasteiger partial charge on any atom is -0.428 e. The van der Waals surface area contributed by atoms with Gasteiger partial charge in [-0.1, -0.05) is 23.2 Å². The van der Waals surface area contributed by atoms with Crippen LogP contribution >= 0.6 is 23.2 Å². The van der Waals surface area contributed by atoms with Gasteiger partial charge in [0.15, 0.2) is 0 Å². The van der Waals surface area contributed by atoms with Crippen molar-refractivity contribution in [3.8, 4) is 0 Å². The molecule has 0 spiro atoms. The molecule has 1 unspecified atom stereocenters. The monoisotopic (exact) mass is 218 g/mol. The first-order chi connectivity index (χ1) is 6.09. The van der Waals surface area contributed by atoms with Gasteiger partial charge in [0.25, 0.3) is 0 Å². The minimum atomic E-state index is -1.27. The smallest absolute Gasteiger partial charge is 0.341 e. The lowest BCUT2D eigenvalue weighted by atomic mass is 10.1. The number of rotatable bonds is 0. The summed E-state index contributed by atoms with van der Waals surface area (Å²) in [6, 6.07) is 2.87. The Balaban J connectivity index is 2.69.